The van der Waals surface area contributed by atoms with E-state index in [1.807, 2.05) is 31.2 Å². The second-order valence-electron chi connectivity index (χ2n) is 6.13. The lowest BCUT2D eigenvalue weighted by Crippen LogP contribution is -2.26. The first-order valence-corrected chi connectivity index (χ1v) is 8.47. The molecule has 2 N–H and O–H groups in total. The predicted molar refractivity (Wildman–Crippen MR) is 99.1 cm³/mol. The Morgan fingerprint density at radius 1 is 1.19 bits per heavy atom. The van der Waals surface area contributed by atoms with Gasteiger partial charge in [-0.25, -0.2) is 4.98 Å². The second-order valence-corrected chi connectivity index (χ2v) is 6.13. The van der Waals surface area contributed by atoms with Crippen molar-refractivity contribution in [1.82, 2.24) is 15.5 Å². The normalized spacial score (nSPS) is 11.0. The monoisotopic (exact) mass is 363 g/mol. The van der Waals surface area contributed by atoms with Crippen LogP contribution in [0.2, 0.25) is 0 Å². The molecule has 0 radical (unpaired) electrons. The van der Waals surface area contributed by atoms with Crippen molar-refractivity contribution in [2.75, 3.05) is 13.2 Å². The SMILES string of the molecule is Cc1ccc(-c2nc(-c3noc4ccc(C(=O)NCCO)cc34)co2)cc1. The third-order valence-electron chi connectivity index (χ3n) is 4.17. The number of carbonyl (C=O) groups is 1. The van der Waals surface area contributed by atoms with Gasteiger partial charge >= 0.3 is 0 Å². The third kappa shape index (κ3) is 3.32. The summed E-state index contributed by atoms with van der Waals surface area (Å²) < 4.78 is 10.9. The van der Waals surface area contributed by atoms with E-state index >= 15 is 0 Å². The minimum atomic E-state index is -0.279. The molecular weight excluding hydrogens is 346 g/mol. The zero-order valence-corrected chi connectivity index (χ0v) is 14.6. The maximum absolute atomic E-state index is 12.1. The molecule has 0 aliphatic rings. The molecule has 2 aromatic carbocycles. The lowest BCUT2D eigenvalue weighted by molar-refractivity contribution is 0.0945. The Labute approximate surface area is 154 Å². The van der Waals surface area contributed by atoms with Crippen LogP contribution < -0.4 is 5.32 Å². The van der Waals surface area contributed by atoms with Crippen molar-refractivity contribution in [3.05, 3.63) is 59.9 Å². The number of aryl methyl sites for hydroxylation is 1. The average molecular weight is 363 g/mol. The number of rotatable bonds is 5. The first-order valence-electron chi connectivity index (χ1n) is 8.47. The van der Waals surface area contributed by atoms with Gasteiger partial charge in [-0.1, -0.05) is 22.9 Å². The summed E-state index contributed by atoms with van der Waals surface area (Å²) in [6.45, 7) is 2.09. The van der Waals surface area contributed by atoms with Gasteiger partial charge in [0.2, 0.25) is 5.89 Å². The summed E-state index contributed by atoms with van der Waals surface area (Å²) in [6.07, 6.45) is 1.52. The Balaban J connectivity index is 1.69. The van der Waals surface area contributed by atoms with Gasteiger partial charge in [-0.3, -0.25) is 4.79 Å². The van der Waals surface area contributed by atoms with Gasteiger partial charge in [0.1, 0.15) is 17.7 Å². The molecule has 0 spiro atoms. The Hall–Kier alpha value is -3.45. The molecule has 2 heterocycles. The fourth-order valence-electron chi connectivity index (χ4n) is 2.75. The number of hydrogen-bond acceptors (Lipinski definition) is 6. The Kier molecular flexibility index (Phi) is 4.43. The molecule has 7 nitrogen and oxygen atoms in total. The molecule has 0 saturated carbocycles. The second kappa shape index (κ2) is 7.05. The Morgan fingerprint density at radius 2 is 2.00 bits per heavy atom. The molecule has 0 saturated heterocycles. The first-order chi connectivity index (χ1) is 13.2. The summed E-state index contributed by atoms with van der Waals surface area (Å²) >= 11 is 0. The molecule has 0 unspecified atom stereocenters. The van der Waals surface area contributed by atoms with Crippen molar-refractivity contribution in [2.45, 2.75) is 6.92 Å². The summed E-state index contributed by atoms with van der Waals surface area (Å²) in [4.78, 5) is 16.6. The van der Waals surface area contributed by atoms with E-state index in [4.69, 9.17) is 14.0 Å². The first kappa shape index (κ1) is 17.0. The topological polar surface area (TPSA) is 101 Å². The van der Waals surface area contributed by atoms with E-state index in [0.29, 0.717) is 33.8 Å². The molecular formula is C20H17N3O4. The molecule has 0 aliphatic heterocycles. The molecule has 0 aliphatic carbocycles. The van der Waals surface area contributed by atoms with Gasteiger partial charge in [-0.2, -0.15) is 0 Å². The summed E-state index contributed by atoms with van der Waals surface area (Å²) in [7, 11) is 0. The van der Waals surface area contributed by atoms with Gasteiger partial charge in [-0.15, -0.1) is 0 Å². The van der Waals surface area contributed by atoms with Crippen LogP contribution in [0.25, 0.3) is 33.8 Å². The minimum absolute atomic E-state index is 0.118. The number of fused-ring (bicyclic) bond motifs is 1. The number of amides is 1. The number of aliphatic hydroxyl groups excluding tert-OH is 1. The maximum atomic E-state index is 12.1. The van der Waals surface area contributed by atoms with Gasteiger partial charge in [0, 0.05) is 17.7 Å². The van der Waals surface area contributed by atoms with Gasteiger partial charge in [0.25, 0.3) is 5.91 Å². The summed E-state index contributed by atoms with van der Waals surface area (Å²) in [5.41, 5.74) is 4.04. The maximum Gasteiger partial charge on any atom is 0.251 e. The van der Waals surface area contributed by atoms with E-state index in [1.165, 1.54) is 6.26 Å². The largest absolute Gasteiger partial charge is 0.444 e. The average Bonchev–Trinajstić information content (AvgIpc) is 3.33. The van der Waals surface area contributed by atoms with E-state index < -0.39 is 0 Å². The lowest BCUT2D eigenvalue weighted by atomic mass is 10.1. The van der Waals surface area contributed by atoms with Crippen molar-refractivity contribution in [3.8, 4) is 22.8 Å². The summed E-state index contributed by atoms with van der Waals surface area (Å²) in [5, 5.41) is 16.2. The van der Waals surface area contributed by atoms with E-state index in [0.717, 1.165) is 11.1 Å². The highest BCUT2D eigenvalue weighted by molar-refractivity contribution is 6.00. The fourth-order valence-corrected chi connectivity index (χ4v) is 2.75. The number of hydrogen-bond donors (Lipinski definition) is 2. The van der Waals surface area contributed by atoms with E-state index in [9.17, 15) is 4.79 Å². The van der Waals surface area contributed by atoms with Crippen LogP contribution in [-0.2, 0) is 0 Å². The van der Waals surface area contributed by atoms with Crippen molar-refractivity contribution >= 4 is 16.9 Å². The molecule has 1 amide bonds. The Morgan fingerprint density at radius 3 is 2.78 bits per heavy atom. The smallest absolute Gasteiger partial charge is 0.251 e. The standard InChI is InChI=1S/C20H17N3O4/c1-12-2-4-13(5-3-12)20-22-16(11-26-20)18-15-10-14(19(25)21-8-9-24)6-7-17(15)27-23-18/h2-7,10-11,24H,8-9H2,1H3,(H,21,25). The van der Waals surface area contributed by atoms with Crippen molar-refractivity contribution in [2.24, 2.45) is 0 Å². The molecule has 0 atom stereocenters. The number of aliphatic hydroxyl groups is 1. The van der Waals surface area contributed by atoms with Crippen LogP contribution in [0.1, 0.15) is 15.9 Å². The number of nitrogens with one attached hydrogen (secondary N) is 1. The molecule has 27 heavy (non-hydrogen) atoms. The lowest BCUT2D eigenvalue weighted by Gasteiger charge is -2.02. The van der Waals surface area contributed by atoms with Crippen LogP contribution in [0.3, 0.4) is 0 Å². The highest BCUT2D eigenvalue weighted by atomic mass is 16.5. The highest BCUT2D eigenvalue weighted by Gasteiger charge is 2.17. The van der Waals surface area contributed by atoms with Crippen LogP contribution >= 0.6 is 0 Å². The molecule has 2 aromatic heterocycles. The zero-order chi connectivity index (χ0) is 18.8. The predicted octanol–water partition coefficient (Wildman–Crippen LogP) is 3.18. The summed E-state index contributed by atoms with van der Waals surface area (Å²) in [6, 6.07) is 12.9. The van der Waals surface area contributed by atoms with Gasteiger partial charge in [-0.05, 0) is 37.3 Å². The third-order valence-corrected chi connectivity index (χ3v) is 4.17. The van der Waals surface area contributed by atoms with E-state index in [2.05, 4.69) is 15.5 Å². The van der Waals surface area contributed by atoms with Gasteiger partial charge in [0.15, 0.2) is 5.58 Å². The molecule has 0 bridgehead atoms. The highest BCUT2D eigenvalue weighted by Crippen LogP contribution is 2.30. The summed E-state index contributed by atoms with van der Waals surface area (Å²) in [5.74, 6) is 0.205. The quantitative estimate of drug-likeness (QED) is 0.565. The molecule has 7 heteroatoms. The minimum Gasteiger partial charge on any atom is -0.444 e. The van der Waals surface area contributed by atoms with Crippen LogP contribution in [0.4, 0.5) is 0 Å². The fraction of sp³-hybridized carbons (Fsp3) is 0.150. The van der Waals surface area contributed by atoms with Crippen molar-refractivity contribution < 1.29 is 18.8 Å². The van der Waals surface area contributed by atoms with Gasteiger partial charge < -0.3 is 19.4 Å². The number of benzene rings is 2. The van der Waals surface area contributed by atoms with Crippen LogP contribution in [-0.4, -0.2) is 34.3 Å². The van der Waals surface area contributed by atoms with Gasteiger partial charge in [0.05, 0.1) is 12.0 Å². The zero-order valence-electron chi connectivity index (χ0n) is 14.6. The number of oxazole rings is 1. The molecule has 136 valence electrons. The van der Waals surface area contributed by atoms with E-state index in [-0.39, 0.29) is 19.1 Å². The van der Waals surface area contributed by atoms with Crippen LogP contribution in [0, 0.1) is 6.92 Å². The number of aromatic nitrogens is 2. The molecule has 4 aromatic rings. The van der Waals surface area contributed by atoms with Crippen molar-refractivity contribution in [1.29, 1.82) is 0 Å². The molecule has 4 rings (SSSR count). The van der Waals surface area contributed by atoms with Crippen LogP contribution in [0.5, 0.6) is 0 Å². The Bertz CT molecular complexity index is 1100. The van der Waals surface area contributed by atoms with E-state index in [1.54, 1.807) is 18.2 Å². The molecule has 0 fully saturated rings. The number of carbonyl (C=O) groups excluding carboxylic acids is 1. The van der Waals surface area contributed by atoms with Crippen molar-refractivity contribution in [3.63, 3.8) is 0 Å². The number of nitrogens with zero attached hydrogens (tertiary/aromatic N) is 2. The van der Waals surface area contributed by atoms with Crippen LogP contribution in [0.15, 0.2) is 57.7 Å².